The predicted octanol–water partition coefficient (Wildman–Crippen LogP) is 3.42. The number of hydrogen-bond donors (Lipinski definition) is 0. The second-order valence-corrected chi connectivity index (χ2v) is 5.43. The molecule has 1 heterocycles. The molecule has 0 aliphatic carbocycles. The van der Waals surface area contributed by atoms with Crippen LogP contribution in [0.3, 0.4) is 0 Å². The molecule has 100 valence electrons. The van der Waals surface area contributed by atoms with Crippen molar-refractivity contribution in [1.82, 2.24) is 9.88 Å². The Labute approximate surface area is 115 Å². The zero-order valence-electron chi connectivity index (χ0n) is 11.1. The molecule has 0 saturated heterocycles. The number of nitrogens with zero attached hydrogens (tertiary/aromatic N) is 2. The molecule has 2 rings (SSSR count). The van der Waals surface area contributed by atoms with E-state index in [1.165, 1.54) is 22.3 Å². The molecule has 0 spiro atoms. The first-order chi connectivity index (χ1) is 9.00. The van der Waals surface area contributed by atoms with E-state index in [-0.39, 0.29) is 17.8 Å². The van der Waals surface area contributed by atoms with Gasteiger partial charge in [0.15, 0.2) is 0 Å². The van der Waals surface area contributed by atoms with Crippen LogP contribution in [-0.2, 0) is 0 Å². The van der Waals surface area contributed by atoms with Crippen molar-refractivity contribution in [2.75, 3.05) is 7.05 Å². The summed E-state index contributed by atoms with van der Waals surface area (Å²) >= 11 is 1.43. The predicted molar refractivity (Wildman–Crippen MR) is 73.8 cm³/mol. The first-order valence-corrected chi connectivity index (χ1v) is 6.82. The van der Waals surface area contributed by atoms with Crippen LogP contribution >= 0.6 is 11.3 Å². The normalized spacial score (nSPS) is 12.2. The highest BCUT2D eigenvalue weighted by Gasteiger charge is 2.22. The third kappa shape index (κ3) is 2.81. The van der Waals surface area contributed by atoms with Crippen molar-refractivity contribution >= 4 is 17.2 Å². The Morgan fingerprint density at radius 1 is 1.42 bits per heavy atom. The minimum Gasteiger partial charge on any atom is -0.333 e. The lowest BCUT2D eigenvalue weighted by Gasteiger charge is -2.24. The molecule has 0 saturated carbocycles. The number of halogens is 1. The van der Waals surface area contributed by atoms with Gasteiger partial charge in [0, 0.05) is 18.0 Å². The summed E-state index contributed by atoms with van der Waals surface area (Å²) in [5.74, 6) is -0.496. The summed E-state index contributed by atoms with van der Waals surface area (Å²) in [6.45, 7) is 3.65. The Kier molecular flexibility index (Phi) is 3.95. The first kappa shape index (κ1) is 13.7. The molecule has 1 atom stereocenters. The van der Waals surface area contributed by atoms with Crippen LogP contribution in [-0.4, -0.2) is 22.8 Å². The molecule has 1 unspecified atom stereocenters. The van der Waals surface area contributed by atoms with Gasteiger partial charge in [0.1, 0.15) is 11.5 Å². The first-order valence-electron chi connectivity index (χ1n) is 5.94. The highest BCUT2D eigenvalue weighted by atomic mass is 32.1. The van der Waals surface area contributed by atoms with Gasteiger partial charge in [-0.1, -0.05) is 18.2 Å². The fourth-order valence-corrected chi connectivity index (χ4v) is 2.43. The standard InChI is InChI=1S/C14H15FN2OS/c1-9(11-6-4-5-7-12(11)15)17(3)14(18)13-8-19-10(2)16-13/h4-9H,1-3H3. The van der Waals surface area contributed by atoms with Gasteiger partial charge in [0.25, 0.3) is 5.91 Å². The summed E-state index contributed by atoms with van der Waals surface area (Å²) in [6, 6.07) is 6.15. The van der Waals surface area contributed by atoms with Crippen molar-refractivity contribution in [3.63, 3.8) is 0 Å². The Morgan fingerprint density at radius 3 is 2.68 bits per heavy atom. The van der Waals surface area contributed by atoms with Crippen LogP contribution in [0.5, 0.6) is 0 Å². The van der Waals surface area contributed by atoms with Gasteiger partial charge in [0.2, 0.25) is 0 Å². The van der Waals surface area contributed by atoms with E-state index in [4.69, 9.17) is 0 Å². The highest BCUT2D eigenvalue weighted by molar-refractivity contribution is 7.09. The van der Waals surface area contributed by atoms with E-state index in [0.29, 0.717) is 11.3 Å². The smallest absolute Gasteiger partial charge is 0.273 e. The summed E-state index contributed by atoms with van der Waals surface area (Å²) in [5, 5.41) is 2.57. The molecule has 3 nitrogen and oxygen atoms in total. The summed E-state index contributed by atoms with van der Waals surface area (Å²) in [4.78, 5) is 17.9. The Balaban J connectivity index is 2.22. The summed E-state index contributed by atoms with van der Waals surface area (Å²) < 4.78 is 13.7. The number of thiazole rings is 1. The number of amides is 1. The maximum Gasteiger partial charge on any atom is 0.273 e. The summed E-state index contributed by atoms with van der Waals surface area (Å²) in [7, 11) is 1.66. The van der Waals surface area contributed by atoms with Crippen molar-refractivity contribution in [3.05, 3.63) is 51.7 Å². The van der Waals surface area contributed by atoms with Crippen LogP contribution in [0, 0.1) is 12.7 Å². The SMILES string of the molecule is Cc1nc(C(=O)N(C)C(C)c2ccccc2F)cs1. The van der Waals surface area contributed by atoms with Crippen molar-refractivity contribution in [3.8, 4) is 0 Å². The van der Waals surface area contributed by atoms with Gasteiger partial charge < -0.3 is 4.90 Å². The minimum absolute atomic E-state index is 0.194. The number of benzene rings is 1. The quantitative estimate of drug-likeness (QED) is 0.862. The van der Waals surface area contributed by atoms with Crippen LogP contribution in [0.25, 0.3) is 0 Å². The van der Waals surface area contributed by atoms with E-state index in [1.807, 2.05) is 6.92 Å². The van der Waals surface area contributed by atoms with E-state index in [1.54, 1.807) is 37.6 Å². The lowest BCUT2D eigenvalue weighted by Crippen LogP contribution is -2.30. The largest absolute Gasteiger partial charge is 0.333 e. The van der Waals surface area contributed by atoms with Crippen LogP contribution in [0.1, 0.15) is 34.0 Å². The monoisotopic (exact) mass is 278 g/mol. The van der Waals surface area contributed by atoms with Crippen molar-refractivity contribution < 1.29 is 9.18 Å². The lowest BCUT2D eigenvalue weighted by molar-refractivity contribution is 0.0735. The zero-order chi connectivity index (χ0) is 14.0. The molecule has 0 N–H and O–H groups in total. The average Bonchev–Trinajstić information content (AvgIpc) is 2.83. The molecule has 1 aromatic heterocycles. The van der Waals surface area contributed by atoms with E-state index in [9.17, 15) is 9.18 Å². The fourth-order valence-electron chi connectivity index (χ4n) is 1.84. The van der Waals surface area contributed by atoms with Gasteiger partial charge in [0.05, 0.1) is 11.0 Å². The third-order valence-electron chi connectivity index (χ3n) is 3.09. The average molecular weight is 278 g/mol. The molecule has 2 aromatic rings. The highest BCUT2D eigenvalue weighted by Crippen LogP contribution is 2.23. The third-order valence-corrected chi connectivity index (χ3v) is 3.87. The molecule has 1 amide bonds. The molecule has 5 heteroatoms. The molecule has 19 heavy (non-hydrogen) atoms. The minimum atomic E-state index is -0.337. The lowest BCUT2D eigenvalue weighted by atomic mass is 10.1. The van der Waals surface area contributed by atoms with E-state index >= 15 is 0 Å². The summed E-state index contributed by atoms with van der Waals surface area (Å²) in [6.07, 6.45) is 0. The molecular weight excluding hydrogens is 263 g/mol. The number of aromatic nitrogens is 1. The maximum absolute atomic E-state index is 13.7. The Hall–Kier alpha value is -1.75. The van der Waals surface area contributed by atoms with Gasteiger partial charge in [-0.25, -0.2) is 9.37 Å². The van der Waals surface area contributed by atoms with Gasteiger partial charge in [-0.2, -0.15) is 0 Å². The van der Waals surface area contributed by atoms with Crippen LogP contribution in [0.4, 0.5) is 4.39 Å². The Bertz CT molecular complexity index is 597. The van der Waals surface area contributed by atoms with Crippen LogP contribution < -0.4 is 0 Å². The van der Waals surface area contributed by atoms with E-state index < -0.39 is 0 Å². The van der Waals surface area contributed by atoms with Gasteiger partial charge in [-0.05, 0) is 19.9 Å². The number of carbonyl (C=O) groups is 1. The van der Waals surface area contributed by atoms with Gasteiger partial charge in [-0.15, -0.1) is 11.3 Å². The van der Waals surface area contributed by atoms with Crippen molar-refractivity contribution in [1.29, 1.82) is 0 Å². The fraction of sp³-hybridized carbons (Fsp3) is 0.286. The Morgan fingerprint density at radius 2 is 2.11 bits per heavy atom. The van der Waals surface area contributed by atoms with Gasteiger partial charge in [-0.3, -0.25) is 4.79 Å². The molecule has 0 bridgehead atoms. The number of rotatable bonds is 3. The van der Waals surface area contributed by atoms with Crippen LogP contribution in [0.2, 0.25) is 0 Å². The second-order valence-electron chi connectivity index (χ2n) is 4.37. The van der Waals surface area contributed by atoms with Crippen LogP contribution in [0.15, 0.2) is 29.6 Å². The molecular formula is C14H15FN2OS. The molecule has 0 aliphatic rings. The van der Waals surface area contributed by atoms with Crippen molar-refractivity contribution in [2.24, 2.45) is 0 Å². The summed E-state index contributed by atoms with van der Waals surface area (Å²) in [5.41, 5.74) is 0.915. The molecule has 0 radical (unpaired) electrons. The van der Waals surface area contributed by atoms with Gasteiger partial charge >= 0.3 is 0 Å². The molecule has 1 aromatic carbocycles. The zero-order valence-corrected chi connectivity index (χ0v) is 11.9. The number of carbonyl (C=O) groups excluding carboxylic acids is 1. The number of aryl methyl sites for hydroxylation is 1. The molecule has 0 fully saturated rings. The van der Waals surface area contributed by atoms with E-state index in [0.717, 1.165) is 5.01 Å². The maximum atomic E-state index is 13.7. The van der Waals surface area contributed by atoms with E-state index in [2.05, 4.69) is 4.98 Å². The molecule has 0 aliphatic heterocycles. The van der Waals surface area contributed by atoms with Crippen molar-refractivity contribution in [2.45, 2.75) is 19.9 Å². The number of hydrogen-bond acceptors (Lipinski definition) is 3. The second kappa shape index (κ2) is 5.48. The topological polar surface area (TPSA) is 33.2 Å².